The summed E-state index contributed by atoms with van der Waals surface area (Å²) in [4.78, 5) is 4.25. The van der Waals surface area contributed by atoms with Crippen LogP contribution < -0.4 is 0 Å². The van der Waals surface area contributed by atoms with Crippen molar-refractivity contribution in [2.24, 2.45) is 0 Å². The Labute approximate surface area is 147 Å². The third-order valence-electron chi connectivity index (χ3n) is 5.79. The van der Waals surface area contributed by atoms with E-state index in [1.807, 2.05) is 11.3 Å². The summed E-state index contributed by atoms with van der Waals surface area (Å²) in [6.45, 7) is 5.73. The molecule has 0 fully saturated rings. The predicted molar refractivity (Wildman–Crippen MR) is 102 cm³/mol. The van der Waals surface area contributed by atoms with Gasteiger partial charge in [-0.05, 0) is 61.7 Å². The molecule has 2 nitrogen and oxygen atoms in total. The summed E-state index contributed by atoms with van der Waals surface area (Å²) < 4.78 is 2.66. The van der Waals surface area contributed by atoms with Crippen LogP contribution in [0.1, 0.15) is 47.0 Å². The van der Waals surface area contributed by atoms with Crippen molar-refractivity contribution in [2.45, 2.75) is 51.7 Å². The van der Waals surface area contributed by atoms with Gasteiger partial charge in [0.2, 0.25) is 0 Å². The second-order valence-electron chi connectivity index (χ2n) is 7.35. The van der Waals surface area contributed by atoms with Crippen molar-refractivity contribution < 1.29 is 0 Å². The van der Waals surface area contributed by atoms with Crippen LogP contribution in [0, 0.1) is 6.92 Å². The maximum absolute atomic E-state index is 2.75. The van der Waals surface area contributed by atoms with E-state index in [1.165, 1.54) is 60.1 Å². The third kappa shape index (κ3) is 2.26. The second kappa shape index (κ2) is 5.75. The number of benzene rings is 1. The molecule has 0 bridgehead atoms. The van der Waals surface area contributed by atoms with Crippen LogP contribution in [0.3, 0.4) is 0 Å². The monoisotopic (exact) mass is 336 g/mol. The Morgan fingerprint density at radius 3 is 3.00 bits per heavy atom. The average molecular weight is 337 g/mol. The fourth-order valence-electron chi connectivity index (χ4n) is 4.79. The third-order valence-corrected chi connectivity index (χ3v) is 6.66. The van der Waals surface area contributed by atoms with Gasteiger partial charge in [0.25, 0.3) is 0 Å². The van der Waals surface area contributed by atoms with Crippen LogP contribution in [-0.2, 0) is 19.5 Å². The average Bonchev–Trinajstić information content (AvgIpc) is 3.15. The second-order valence-corrected chi connectivity index (χ2v) is 8.38. The number of hydrogen-bond donors (Lipinski definition) is 0. The first-order valence-electron chi connectivity index (χ1n) is 9.19. The molecule has 1 atom stereocenters. The molecule has 3 heteroatoms. The molecule has 0 N–H and O–H groups in total. The van der Waals surface area contributed by atoms with Gasteiger partial charge < -0.3 is 4.57 Å². The van der Waals surface area contributed by atoms with E-state index in [1.54, 1.807) is 11.3 Å². The van der Waals surface area contributed by atoms with Gasteiger partial charge in [-0.3, -0.25) is 4.90 Å². The highest BCUT2D eigenvalue weighted by molar-refractivity contribution is 7.09. The Balaban J connectivity index is 1.64. The summed E-state index contributed by atoms with van der Waals surface area (Å²) in [5.41, 5.74) is 6.13. The predicted octanol–water partition coefficient (Wildman–Crippen LogP) is 5.29. The molecule has 24 heavy (non-hydrogen) atoms. The van der Waals surface area contributed by atoms with Crippen molar-refractivity contribution in [3.8, 4) is 0 Å². The Kier molecular flexibility index (Phi) is 3.53. The van der Waals surface area contributed by atoms with E-state index in [-0.39, 0.29) is 0 Å². The normalized spacial score (nSPS) is 21.0. The molecule has 2 aromatic heterocycles. The number of rotatable bonds is 2. The first-order valence-corrected chi connectivity index (χ1v) is 10.1. The molecular weight excluding hydrogens is 312 g/mol. The van der Waals surface area contributed by atoms with Gasteiger partial charge in [0, 0.05) is 41.1 Å². The first kappa shape index (κ1) is 14.7. The highest BCUT2D eigenvalue weighted by Gasteiger charge is 2.33. The lowest BCUT2D eigenvalue weighted by atomic mass is 9.90. The first-order chi connectivity index (χ1) is 11.8. The lowest BCUT2D eigenvalue weighted by Gasteiger charge is -2.33. The minimum absolute atomic E-state index is 0.603. The number of nitrogens with zero attached hydrogens (tertiary/aromatic N) is 2. The molecule has 0 amide bonds. The molecule has 0 radical (unpaired) electrons. The van der Waals surface area contributed by atoms with E-state index < -0.39 is 0 Å². The molecule has 1 aliphatic heterocycles. The van der Waals surface area contributed by atoms with Crippen LogP contribution in [0.15, 0.2) is 35.7 Å². The Morgan fingerprint density at radius 2 is 2.12 bits per heavy atom. The SMILES string of the molecule is Cc1ccc2c(c1)c1c3n2CCCN(Cc2cccs2)[C@H]3CCC1. The maximum Gasteiger partial charge on any atom is 0.0507 e. The highest BCUT2D eigenvalue weighted by atomic mass is 32.1. The fraction of sp³-hybridized carbons (Fsp3) is 0.429. The van der Waals surface area contributed by atoms with E-state index in [4.69, 9.17) is 0 Å². The summed E-state index contributed by atoms with van der Waals surface area (Å²) in [6, 6.07) is 12.1. The van der Waals surface area contributed by atoms with Crippen molar-refractivity contribution >= 4 is 22.2 Å². The minimum atomic E-state index is 0.603. The maximum atomic E-state index is 2.75. The molecule has 0 spiro atoms. The van der Waals surface area contributed by atoms with E-state index in [0.29, 0.717) is 6.04 Å². The lowest BCUT2D eigenvalue weighted by molar-refractivity contribution is 0.175. The molecule has 1 aromatic carbocycles. The zero-order valence-electron chi connectivity index (χ0n) is 14.3. The van der Waals surface area contributed by atoms with Gasteiger partial charge in [0.15, 0.2) is 0 Å². The molecule has 1 aliphatic carbocycles. The van der Waals surface area contributed by atoms with Crippen LogP contribution in [-0.4, -0.2) is 16.0 Å². The van der Waals surface area contributed by atoms with Crippen LogP contribution in [0.2, 0.25) is 0 Å². The number of fused-ring (bicyclic) bond motifs is 3. The van der Waals surface area contributed by atoms with Crippen LogP contribution in [0.25, 0.3) is 10.9 Å². The minimum Gasteiger partial charge on any atom is -0.343 e. The molecule has 2 aliphatic rings. The molecule has 3 aromatic rings. The molecule has 0 unspecified atom stereocenters. The summed E-state index contributed by atoms with van der Waals surface area (Å²) in [5.74, 6) is 0. The topological polar surface area (TPSA) is 8.17 Å². The van der Waals surface area contributed by atoms with Crippen molar-refractivity contribution in [3.63, 3.8) is 0 Å². The van der Waals surface area contributed by atoms with E-state index in [2.05, 4.69) is 52.1 Å². The van der Waals surface area contributed by atoms with Gasteiger partial charge in [-0.2, -0.15) is 0 Å². The van der Waals surface area contributed by atoms with Crippen molar-refractivity contribution in [2.75, 3.05) is 6.54 Å². The summed E-state index contributed by atoms with van der Waals surface area (Å²) in [5, 5.41) is 3.73. The molecule has 124 valence electrons. The summed E-state index contributed by atoms with van der Waals surface area (Å²) in [7, 11) is 0. The van der Waals surface area contributed by atoms with E-state index >= 15 is 0 Å². The Hall–Kier alpha value is -1.58. The number of aromatic nitrogens is 1. The quantitative estimate of drug-likeness (QED) is 0.617. The van der Waals surface area contributed by atoms with Gasteiger partial charge in [-0.15, -0.1) is 11.3 Å². The molecule has 0 saturated carbocycles. The van der Waals surface area contributed by atoms with Gasteiger partial charge >= 0.3 is 0 Å². The zero-order valence-corrected chi connectivity index (χ0v) is 15.1. The van der Waals surface area contributed by atoms with E-state index in [9.17, 15) is 0 Å². The van der Waals surface area contributed by atoms with Crippen molar-refractivity contribution in [1.82, 2.24) is 9.47 Å². The lowest BCUT2D eigenvalue weighted by Crippen LogP contribution is -2.30. The van der Waals surface area contributed by atoms with Crippen molar-refractivity contribution in [3.05, 3.63) is 57.4 Å². The largest absolute Gasteiger partial charge is 0.343 e. The number of aryl methyl sites for hydroxylation is 3. The van der Waals surface area contributed by atoms with Gasteiger partial charge in [0.05, 0.1) is 6.04 Å². The molecular formula is C21H24N2S. The van der Waals surface area contributed by atoms with Gasteiger partial charge in [0.1, 0.15) is 0 Å². The Morgan fingerprint density at radius 1 is 1.17 bits per heavy atom. The summed E-state index contributed by atoms with van der Waals surface area (Å²) in [6.07, 6.45) is 5.15. The van der Waals surface area contributed by atoms with Crippen LogP contribution in [0.4, 0.5) is 0 Å². The Bertz CT molecular complexity index is 871. The zero-order chi connectivity index (χ0) is 16.1. The van der Waals surface area contributed by atoms with E-state index in [0.717, 1.165) is 6.54 Å². The fourth-order valence-corrected chi connectivity index (χ4v) is 5.52. The number of hydrogen-bond acceptors (Lipinski definition) is 2. The van der Waals surface area contributed by atoms with Crippen molar-refractivity contribution in [1.29, 1.82) is 0 Å². The highest BCUT2D eigenvalue weighted by Crippen LogP contribution is 2.42. The molecule has 0 saturated heterocycles. The van der Waals surface area contributed by atoms with Crippen LogP contribution in [0.5, 0.6) is 0 Å². The molecule has 5 rings (SSSR count). The standard InChI is InChI=1S/C21H24N2S/c1-15-8-9-19-18(13-15)17-6-2-7-20-21(17)23(19)11-4-10-22(20)14-16-5-3-12-24-16/h3,5,8-9,12-13,20H,2,4,6-7,10-11,14H2,1H3/t20-/m0/s1. The van der Waals surface area contributed by atoms with Crippen LogP contribution >= 0.6 is 11.3 Å². The smallest absolute Gasteiger partial charge is 0.0507 e. The van der Waals surface area contributed by atoms with Gasteiger partial charge in [-0.1, -0.05) is 17.7 Å². The number of thiophene rings is 1. The summed E-state index contributed by atoms with van der Waals surface area (Å²) >= 11 is 1.90. The van der Waals surface area contributed by atoms with Gasteiger partial charge in [-0.25, -0.2) is 0 Å². The molecule has 3 heterocycles.